The van der Waals surface area contributed by atoms with Crippen LogP contribution in [0, 0.1) is 11.8 Å². The summed E-state index contributed by atoms with van der Waals surface area (Å²) in [4.78, 5) is 14.5. The fraction of sp³-hybridized carbons (Fsp3) is 0.929. The highest BCUT2D eigenvalue weighted by atomic mass is 16.2. The van der Waals surface area contributed by atoms with Gasteiger partial charge in [0.15, 0.2) is 0 Å². The van der Waals surface area contributed by atoms with Gasteiger partial charge in [0.2, 0.25) is 5.91 Å². The topological polar surface area (TPSA) is 32.3 Å². The van der Waals surface area contributed by atoms with Gasteiger partial charge in [-0.15, -0.1) is 0 Å². The van der Waals surface area contributed by atoms with E-state index in [9.17, 15) is 4.79 Å². The molecule has 3 nitrogen and oxygen atoms in total. The van der Waals surface area contributed by atoms with Gasteiger partial charge in [-0.25, -0.2) is 0 Å². The third kappa shape index (κ3) is 2.65. The number of carbonyl (C=O) groups excluding carboxylic acids is 1. The van der Waals surface area contributed by atoms with Crippen LogP contribution >= 0.6 is 0 Å². The zero-order valence-electron chi connectivity index (χ0n) is 11.6. The molecule has 98 valence electrons. The number of hydrogen-bond acceptors (Lipinski definition) is 2. The first-order valence-electron chi connectivity index (χ1n) is 7.12. The van der Waals surface area contributed by atoms with E-state index in [0.29, 0.717) is 17.9 Å². The Morgan fingerprint density at radius 2 is 2.06 bits per heavy atom. The Morgan fingerprint density at radius 1 is 1.41 bits per heavy atom. The van der Waals surface area contributed by atoms with E-state index in [1.807, 2.05) is 0 Å². The lowest BCUT2D eigenvalue weighted by atomic mass is 10.0. The van der Waals surface area contributed by atoms with Crippen LogP contribution in [0.25, 0.3) is 0 Å². The van der Waals surface area contributed by atoms with Gasteiger partial charge in [0.25, 0.3) is 0 Å². The maximum atomic E-state index is 12.4. The maximum absolute atomic E-state index is 12.4. The monoisotopic (exact) mass is 238 g/mol. The lowest BCUT2D eigenvalue weighted by Crippen LogP contribution is -2.43. The maximum Gasteiger partial charge on any atom is 0.241 e. The third-order valence-electron chi connectivity index (χ3n) is 4.19. The van der Waals surface area contributed by atoms with Crippen molar-refractivity contribution in [1.82, 2.24) is 10.2 Å². The molecule has 1 heterocycles. The highest BCUT2D eigenvalue weighted by molar-refractivity contribution is 5.84. The minimum atomic E-state index is 0.0262. The zero-order chi connectivity index (χ0) is 12.6. The molecule has 0 bridgehead atoms. The van der Waals surface area contributed by atoms with E-state index in [-0.39, 0.29) is 12.2 Å². The number of nitrogens with one attached hydrogen (secondary N) is 1. The normalized spacial score (nSPS) is 31.4. The average molecular weight is 238 g/mol. The van der Waals surface area contributed by atoms with Crippen molar-refractivity contribution in [3.63, 3.8) is 0 Å². The molecule has 2 fully saturated rings. The Hall–Kier alpha value is -0.570. The van der Waals surface area contributed by atoms with Crippen LogP contribution in [0.15, 0.2) is 0 Å². The van der Waals surface area contributed by atoms with Gasteiger partial charge in [-0.2, -0.15) is 0 Å². The second-order valence-electron chi connectivity index (χ2n) is 6.05. The molecule has 2 aliphatic rings. The quantitative estimate of drug-likeness (QED) is 0.797. The molecule has 0 aromatic heterocycles. The van der Waals surface area contributed by atoms with Crippen molar-refractivity contribution < 1.29 is 4.79 Å². The molecular formula is C14H26N2O. The van der Waals surface area contributed by atoms with Gasteiger partial charge in [-0.3, -0.25) is 10.1 Å². The summed E-state index contributed by atoms with van der Waals surface area (Å²) >= 11 is 0. The van der Waals surface area contributed by atoms with Crippen LogP contribution in [-0.2, 0) is 4.79 Å². The van der Waals surface area contributed by atoms with Crippen molar-refractivity contribution in [2.75, 3.05) is 0 Å². The zero-order valence-corrected chi connectivity index (χ0v) is 11.6. The first-order chi connectivity index (χ1) is 8.04. The molecule has 1 aliphatic carbocycles. The van der Waals surface area contributed by atoms with Crippen LogP contribution in [0.4, 0.5) is 0 Å². The molecule has 3 unspecified atom stereocenters. The molecule has 1 saturated carbocycles. The van der Waals surface area contributed by atoms with Gasteiger partial charge in [-0.1, -0.05) is 33.6 Å². The van der Waals surface area contributed by atoms with E-state index >= 15 is 0 Å². The molecule has 0 aromatic rings. The van der Waals surface area contributed by atoms with Crippen molar-refractivity contribution in [3.8, 4) is 0 Å². The molecule has 3 heteroatoms. The number of carbonyl (C=O) groups is 1. The lowest BCUT2D eigenvalue weighted by Gasteiger charge is -2.30. The van der Waals surface area contributed by atoms with E-state index in [1.165, 1.54) is 19.3 Å². The van der Waals surface area contributed by atoms with E-state index in [0.717, 1.165) is 12.3 Å². The number of nitrogens with zero attached hydrogens (tertiary/aromatic N) is 1. The van der Waals surface area contributed by atoms with Gasteiger partial charge < -0.3 is 4.90 Å². The summed E-state index contributed by atoms with van der Waals surface area (Å²) in [5, 5.41) is 3.44. The standard InChI is InChI=1S/C14H26N2O/c1-5-12(8-11-6-7-11)16-10(4)15-13(9(2)3)14(16)17/h9-13,15H,5-8H2,1-4H3. The Labute approximate surface area is 105 Å². The molecule has 1 N–H and O–H groups in total. The fourth-order valence-electron chi connectivity index (χ4n) is 2.95. The summed E-state index contributed by atoms with van der Waals surface area (Å²) in [6.45, 7) is 8.56. The summed E-state index contributed by atoms with van der Waals surface area (Å²) in [7, 11) is 0. The van der Waals surface area contributed by atoms with Gasteiger partial charge in [0, 0.05) is 6.04 Å². The van der Waals surface area contributed by atoms with Crippen LogP contribution in [0.1, 0.15) is 53.4 Å². The average Bonchev–Trinajstić information content (AvgIpc) is 3.03. The van der Waals surface area contributed by atoms with Crippen LogP contribution in [-0.4, -0.2) is 29.1 Å². The fourth-order valence-corrected chi connectivity index (χ4v) is 2.95. The van der Waals surface area contributed by atoms with Crippen molar-refractivity contribution >= 4 is 5.91 Å². The lowest BCUT2D eigenvalue weighted by molar-refractivity contribution is -0.133. The number of amides is 1. The van der Waals surface area contributed by atoms with E-state index < -0.39 is 0 Å². The first-order valence-corrected chi connectivity index (χ1v) is 7.12. The largest absolute Gasteiger partial charge is 0.323 e. The van der Waals surface area contributed by atoms with Crippen molar-refractivity contribution in [1.29, 1.82) is 0 Å². The van der Waals surface area contributed by atoms with Crippen LogP contribution < -0.4 is 5.32 Å². The first kappa shape index (κ1) is 12.9. The summed E-state index contributed by atoms with van der Waals surface area (Å²) in [5.41, 5.74) is 0. The molecule has 0 spiro atoms. The van der Waals surface area contributed by atoms with Gasteiger partial charge in [0.05, 0.1) is 12.2 Å². The minimum absolute atomic E-state index is 0.0262. The van der Waals surface area contributed by atoms with Crippen LogP contribution in [0.3, 0.4) is 0 Å². The molecule has 2 rings (SSSR count). The Kier molecular flexibility index (Phi) is 3.76. The van der Waals surface area contributed by atoms with Crippen LogP contribution in [0.5, 0.6) is 0 Å². The summed E-state index contributed by atoms with van der Waals surface area (Å²) in [6, 6.07) is 0.472. The van der Waals surface area contributed by atoms with Gasteiger partial charge >= 0.3 is 0 Å². The van der Waals surface area contributed by atoms with Crippen molar-refractivity contribution in [3.05, 3.63) is 0 Å². The van der Waals surface area contributed by atoms with Gasteiger partial charge in [0.1, 0.15) is 0 Å². The van der Waals surface area contributed by atoms with E-state index in [1.54, 1.807) is 0 Å². The number of rotatable bonds is 5. The Balaban J connectivity index is 2.04. The minimum Gasteiger partial charge on any atom is -0.323 e. The van der Waals surface area contributed by atoms with E-state index in [4.69, 9.17) is 0 Å². The second kappa shape index (κ2) is 4.97. The Bertz CT molecular complexity index is 286. The summed E-state index contributed by atoms with van der Waals surface area (Å²) in [5.74, 6) is 1.59. The predicted molar refractivity (Wildman–Crippen MR) is 69.5 cm³/mol. The molecule has 0 aromatic carbocycles. The van der Waals surface area contributed by atoms with Crippen LogP contribution in [0.2, 0.25) is 0 Å². The summed E-state index contributed by atoms with van der Waals surface area (Å²) < 4.78 is 0. The molecule has 3 atom stereocenters. The molecule has 1 amide bonds. The highest BCUT2D eigenvalue weighted by Gasteiger charge is 2.42. The molecule has 0 radical (unpaired) electrons. The predicted octanol–water partition coefficient (Wildman–Crippen LogP) is 2.37. The highest BCUT2D eigenvalue weighted by Crippen LogP contribution is 2.36. The Morgan fingerprint density at radius 3 is 2.47 bits per heavy atom. The molecular weight excluding hydrogens is 212 g/mol. The van der Waals surface area contributed by atoms with E-state index in [2.05, 4.69) is 37.9 Å². The number of hydrogen-bond donors (Lipinski definition) is 1. The molecule has 17 heavy (non-hydrogen) atoms. The van der Waals surface area contributed by atoms with Gasteiger partial charge in [-0.05, 0) is 31.6 Å². The molecule has 1 aliphatic heterocycles. The SMILES string of the molecule is CCC(CC1CC1)N1C(=O)C(C(C)C)NC1C. The molecule has 1 saturated heterocycles. The van der Waals surface area contributed by atoms with Crippen molar-refractivity contribution in [2.45, 2.75) is 71.6 Å². The summed E-state index contributed by atoms with van der Waals surface area (Å²) in [6.07, 6.45) is 5.23. The second-order valence-corrected chi connectivity index (χ2v) is 6.05. The third-order valence-corrected chi connectivity index (χ3v) is 4.19. The van der Waals surface area contributed by atoms with Crippen molar-refractivity contribution in [2.24, 2.45) is 11.8 Å². The smallest absolute Gasteiger partial charge is 0.241 e.